The first-order chi connectivity index (χ1) is 11.2. The normalized spacial score (nSPS) is 17.6. The molecule has 0 spiro atoms. The van der Waals surface area contributed by atoms with Gasteiger partial charge in [0.2, 0.25) is 0 Å². The zero-order valence-electron chi connectivity index (χ0n) is 14.4. The second-order valence-corrected chi connectivity index (χ2v) is 5.97. The van der Waals surface area contributed by atoms with Gasteiger partial charge in [0.05, 0.1) is 20.2 Å². The van der Waals surface area contributed by atoms with Crippen LogP contribution in [0.2, 0.25) is 0 Å². The molecule has 1 aliphatic heterocycles. The lowest BCUT2D eigenvalue weighted by Gasteiger charge is -2.36. The van der Waals surface area contributed by atoms with Crippen molar-refractivity contribution in [3.8, 4) is 16.9 Å². The molecule has 2 aromatic rings. The summed E-state index contributed by atoms with van der Waals surface area (Å²) < 4.78 is 6.01. The minimum absolute atomic E-state index is 0. The van der Waals surface area contributed by atoms with Crippen LogP contribution in [0.25, 0.3) is 11.1 Å². The number of rotatable bonds is 5. The molecule has 0 fully saturated rings. The molecule has 130 valence electrons. The van der Waals surface area contributed by atoms with Crippen LogP contribution >= 0.6 is 0 Å². The topological polar surface area (TPSA) is 41.5 Å². The Morgan fingerprint density at radius 1 is 1.04 bits per heavy atom. The second-order valence-electron chi connectivity index (χ2n) is 5.97. The maximum absolute atomic E-state index is 9.79. The monoisotopic (exact) mass is 440 g/mol. The first kappa shape index (κ1) is 19.0. The molecule has 1 heterocycles. The van der Waals surface area contributed by atoms with E-state index in [-0.39, 0.29) is 36.7 Å². The number of methoxy groups -OCH3 is 1. The summed E-state index contributed by atoms with van der Waals surface area (Å²) in [7, 11) is 1.68. The molecule has 1 atom stereocenters. The molecule has 2 aromatic carbocycles. The Morgan fingerprint density at radius 2 is 1.67 bits per heavy atom. The van der Waals surface area contributed by atoms with E-state index in [1.54, 1.807) is 7.11 Å². The van der Waals surface area contributed by atoms with Crippen LogP contribution in [0.15, 0.2) is 42.5 Å². The first-order valence-corrected chi connectivity index (χ1v) is 8.21. The highest BCUT2D eigenvalue weighted by atomic mass is 127. The smallest absolute Gasteiger partial charge is 0.190 e. The second kappa shape index (κ2) is 7.72. The van der Waals surface area contributed by atoms with Gasteiger partial charge in [0.15, 0.2) is 11.9 Å². The van der Waals surface area contributed by atoms with Gasteiger partial charge >= 0.3 is 0 Å². The zero-order valence-corrected chi connectivity index (χ0v) is 16.6. The third-order valence-electron chi connectivity index (χ3n) is 5.12. The van der Waals surface area contributed by atoms with Gasteiger partial charge in [-0.3, -0.25) is 4.48 Å². The molecule has 1 aliphatic rings. The predicted octanol–water partition coefficient (Wildman–Crippen LogP) is 0.457. The number of nitrogens with one attached hydrogen (secondary N) is 1. The number of aliphatic hydroxyl groups excluding tert-OH is 1. The number of halogens is 1. The Morgan fingerprint density at radius 3 is 2.21 bits per heavy atom. The number of nitrogens with zero attached hydrogens (tertiary/aromatic N) is 1. The van der Waals surface area contributed by atoms with E-state index in [1.165, 1.54) is 11.3 Å². The summed E-state index contributed by atoms with van der Waals surface area (Å²) in [6.07, 6.45) is 0.0334. The average molecular weight is 440 g/mol. The summed E-state index contributed by atoms with van der Waals surface area (Å²) in [5, 5.41) is 13.3. The number of likely N-dealkylation sites (N-methyl/N-ethyl adjacent to an activating group) is 1. The van der Waals surface area contributed by atoms with Crippen LogP contribution in [-0.2, 0) is 0 Å². The SMILES string of the molecule is CC[N+]1(CC)c2ccc(-c3ccc(OC)cc3)cc2NC1CO.[I-]. The van der Waals surface area contributed by atoms with Crippen molar-refractivity contribution in [2.75, 3.05) is 32.1 Å². The van der Waals surface area contributed by atoms with Crippen molar-refractivity contribution in [2.24, 2.45) is 0 Å². The highest BCUT2D eigenvalue weighted by Crippen LogP contribution is 2.42. The van der Waals surface area contributed by atoms with Crippen molar-refractivity contribution in [2.45, 2.75) is 20.0 Å². The molecule has 0 aromatic heterocycles. The van der Waals surface area contributed by atoms with E-state index < -0.39 is 0 Å². The Balaban J connectivity index is 0.00000208. The van der Waals surface area contributed by atoms with Gasteiger partial charge in [-0.2, -0.15) is 0 Å². The Bertz CT molecular complexity index is 684. The lowest BCUT2D eigenvalue weighted by molar-refractivity contribution is -0.00000607. The van der Waals surface area contributed by atoms with E-state index in [9.17, 15) is 5.11 Å². The van der Waals surface area contributed by atoms with Crippen LogP contribution in [0.1, 0.15) is 13.8 Å². The van der Waals surface area contributed by atoms with Crippen molar-refractivity contribution in [1.29, 1.82) is 0 Å². The van der Waals surface area contributed by atoms with Gasteiger partial charge < -0.3 is 39.1 Å². The van der Waals surface area contributed by atoms with Gasteiger partial charge in [-0.1, -0.05) is 12.1 Å². The Hall–Kier alpha value is -1.31. The number of quaternary nitrogens is 1. The maximum atomic E-state index is 9.79. The van der Waals surface area contributed by atoms with Crippen LogP contribution in [-0.4, -0.2) is 38.1 Å². The molecule has 0 amide bonds. The van der Waals surface area contributed by atoms with Crippen molar-refractivity contribution < 1.29 is 33.8 Å². The van der Waals surface area contributed by atoms with Gasteiger partial charge in [-0.15, -0.1) is 0 Å². The van der Waals surface area contributed by atoms with Crippen LogP contribution in [0.3, 0.4) is 0 Å². The summed E-state index contributed by atoms with van der Waals surface area (Å²) in [5.41, 5.74) is 4.73. The number of anilines is 1. The molecule has 24 heavy (non-hydrogen) atoms. The molecule has 2 N–H and O–H groups in total. The van der Waals surface area contributed by atoms with E-state index in [4.69, 9.17) is 4.74 Å². The first-order valence-electron chi connectivity index (χ1n) is 8.21. The molecule has 0 radical (unpaired) electrons. The molecule has 0 bridgehead atoms. The van der Waals surface area contributed by atoms with Gasteiger partial charge in [-0.05, 0) is 49.2 Å². The number of hydrogen-bond donors (Lipinski definition) is 2. The van der Waals surface area contributed by atoms with E-state index in [2.05, 4.69) is 49.5 Å². The fourth-order valence-corrected chi connectivity index (χ4v) is 3.68. The van der Waals surface area contributed by atoms with E-state index >= 15 is 0 Å². The number of fused-ring (bicyclic) bond motifs is 1. The largest absolute Gasteiger partial charge is 1.00 e. The Labute approximate surface area is 161 Å². The zero-order chi connectivity index (χ0) is 16.4. The van der Waals surface area contributed by atoms with Crippen molar-refractivity contribution in [3.63, 3.8) is 0 Å². The minimum atomic E-state index is 0. The van der Waals surface area contributed by atoms with Crippen LogP contribution in [0, 0.1) is 0 Å². The molecule has 3 rings (SSSR count). The van der Waals surface area contributed by atoms with E-state index in [0.29, 0.717) is 0 Å². The van der Waals surface area contributed by atoms with E-state index in [0.717, 1.165) is 34.6 Å². The van der Waals surface area contributed by atoms with Gasteiger partial charge in [0.1, 0.15) is 18.0 Å². The lowest BCUT2D eigenvalue weighted by Crippen LogP contribution is -3.00. The standard InChI is InChI=1S/C19H25N2O2.HI/c1-4-21(5-2)18-11-8-15(12-17(18)20-19(21)13-22)14-6-9-16(23-3)10-7-14;/h6-12,19-20,22H,4-5,13H2,1-3H3;1H/q+1;/p-1. The third kappa shape index (κ3) is 3.00. The average Bonchev–Trinajstić information content (AvgIpc) is 2.94. The van der Waals surface area contributed by atoms with Crippen LogP contribution < -0.4 is 38.5 Å². The lowest BCUT2D eigenvalue weighted by atomic mass is 10.0. The van der Waals surface area contributed by atoms with Crippen molar-refractivity contribution >= 4 is 11.4 Å². The summed E-state index contributed by atoms with van der Waals surface area (Å²) >= 11 is 0. The molecular formula is C19H25IN2O2. The molecule has 0 saturated carbocycles. The fraction of sp³-hybridized carbons (Fsp3) is 0.368. The predicted molar refractivity (Wildman–Crippen MR) is 95.8 cm³/mol. The molecule has 1 unspecified atom stereocenters. The molecule has 4 nitrogen and oxygen atoms in total. The maximum Gasteiger partial charge on any atom is 0.190 e. The molecular weight excluding hydrogens is 415 g/mol. The third-order valence-corrected chi connectivity index (χ3v) is 5.12. The summed E-state index contributed by atoms with van der Waals surface area (Å²) in [6.45, 7) is 6.42. The van der Waals surface area contributed by atoms with Crippen molar-refractivity contribution in [3.05, 3.63) is 42.5 Å². The highest BCUT2D eigenvalue weighted by molar-refractivity contribution is 5.80. The summed E-state index contributed by atoms with van der Waals surface area (Å²) in [6, 6.07) is 14.6. The van der Waals surface area contributed by atoms with Gasteiger partial charge in [-0.25, -0.2) is 0 Å². The minimum Gasteiger partial charge on any atom is -1.00 e. The molecule has 0 saturated heterocycles. The Kier molecular flexibility index (Phi) is 6.11. The number of ether oxygens (including phenoxy) is 1. The van der Waals surface area contributed by atoms with Gasteiger partial charge in [0, 0.05) is 6.07 Å². The number of aliphatic hydroxyl groups is 1. The highest BCUT2D eigenvalue weighted by Gasteiger charge is 2.43. The van der Waals surface area contributed by atoms with Crippen LogP contribution in [0.4, 0.5) is 11.4 Å². The van der Waals surface area contributed by atoms with Gasteiger partial charge in [0.25, 0.3) is 0 Å². The van der Waals surface area contributed by atoms with E-state index in [1.807, 2.05) is 12.1 Å². The number of hydrogen-bond acceptors (Lipinski definition) is 3. The van der Waals surface area contributed by atoms with Crippen LogP contribution in [0.5, 0.6) is 5.75 Å². The molecule has 0 aliphatic carbocycles. The molecule has 5 heteroatoms. The fourth-order valence-electron chi connectivity index (χ4n) is 3.68. The summed E-state index contributed by atoms with van der Waals surface area (Å²) in [4.78, 5) is 0. The summed E-state index contributed by atoms with van der Waals surface area (Å²) in [5.74, 6) is 0.862. The quantitative estimate of drug-likeness (QED) is 0.525. The number of benzene rings is 2. The van der Waals surface area contributed by atoms with Crippen molar-refractivity contribution in [1.82, 2.24) is 4.48 Å².